The molecule has 0 aromatic heterocycles. The van der Waals surface area contributed by atoms with E-state index >= 15 is 0 Å². The van der Waals surface area contributed by atoms with Gasteiger partial charge in [-0.15, -0.1) is 0 Å². The Kier molecular flexibility index (Phi) is 14.8. The van der Waals surface area contributed by atoms with Crippen LogP contribution < -0.4 is 0 Å². The zero-order valence-electron chi connectivity index (χ0n) is 15.9. The zero-order chi connectivity index (χ0) is 19.6. The van der Waals surface area contributed by atoms with Gasteiger partial charge in [-0.3, -0.25) is 4.79 Å². The Balaban J connectivity index is 3.93. The van der Waals surface area contributed by atoms with E-state index in [1.807, 2.05) is 0 Å². The molecule has 0 aliphatic carbocycles. The van der Waals surface area contributed by atoms with Crippen LogP contribution in [-0.2, 0) is 28.5 Å². The molecule has 0 N–H and O–H groups in total. The van der Waals surface area contributed by atoms with Gasteiger partial charge in [-0.05, 0) is 31.4 Å². The third-order valence-corrected chi connectivity index (χ3v) is 3.42. The first-order valence-electron chi connectivity index (χ1n) is 8.75. The first kappa shape index (κ1) is 23.8. The van der Waals surface area contributed by atoms with Crippen molar-refractivity contribution in [3.8, 4) is 0 Å². The molecule has 0 heterocycles. The molecule has 0 spiro atoms. The van der Waals surface area contributed by atoms with Crippen LogP contribution in [0.25, 0.3) is 0 Å². The van der Waals surface area contributed by atoms with Crippen LogP contribution >= 0.6 is 0 Å². The highest BCUT2D eigenvalue weighted by Gasteiger charge is 2.11. The second-order valence-corrected chi connectivity index (χ2v) is 5.55. The molecule has 0 aliphatic heterocycles. The molecule has 0 bridgehead atoms. The highest BCUT2D eigenvalue weighted by molar-refractivity contribution is 5.65. The van der Waals surface area contributed by atoms with Gasteiger partial charge < -0.3 is 23.7 Å². The lowest BCUT2D eigenvalue weighted by atomic mass is 10.1. The summed E-state index contributed by atoms with van der Waals surface area (Å²) in [5.41, 5.74) is 0. The number of hydrogen-bond acceptors (Lipinski definition) is 8. The highest BCUT2D eigenvalue weighted by atomic mass is 16.7. The van der Waals surface area contributed by atoms with Gasteiger partial charge in [0.2, 0.25) is 0 Å². The molecule has 1 unspecified atom stereocenters. The van der Waals surface area contributed by atoms with E-state index in [4.69, 9.17) is 14.2 Å². The average Bonchev–Trinajstić information content (AvgIpc) is 2.62. The highest BCUT2D eigenvalue weighted by Crippen LogP contribution is 2.12. The van der Waals surface area contributed by atoms with Gasteiger partial charge in [0.1, 0.15) is 12.7 Å². The van der Waals surface area contributed by atoms with Crippen molar-refractivity contribution < 1.29 is 38.1 Å². The van der Waals surface area contributed by atoms with Crippen LogP contribution in [0.4, 0.5) is 9.59 Å². The van der Waals surface area contributed by atoms with Gasteiger partial charge in [0.25, 0.3) is 0 Å². The minimum absolute atomic E-state index is 0.0377. The molecule has 0 saturated heterocycles. The van der Waals surface area contributed by atoms with Crippen molar-refractivity contribution in [2.24, 2.45) is 0 Å². The number of unbranched alkanes of at least 4 members (excludes halogenated alkanes) is 5. The predicted octanol–water partition coefficient (Wildman–Crippen LogP) is 3.77. The third-order valence-electron chi connectivity index (χ3n) is 3.42. The van der Waals surface area contributed by atoms with E-state index in [0.717, 1.165) is 38.5 Å². The van der Waals surface area contributed by atoms with Crippen molar-refractivity contribution in [2.75, 3.05) is 27.4 Å². The Morgan fingerprint density at radius 1 is 0.846 bits per heavy atom. The number of carbonyl (C=O) groups is 3. The van der Waals surface area contributed by atoms with Crippen molar-refractivity contribution in [3.05, 3.63) is 12.2 Å². The molecule has 0 aliphatic rings. The molecular formula is C18H30O8. The molecule has 0 fully saturated rings. The smallest absolute Gasteiger partial charge is 0.466 e. The number of ether oxygens (including phenoxy) is 5. The molecule has 0 amide bonds. The summed E-state index contributed by atoms with van der Waals surface area (Å²) in [6, 6.07) is 0. The van der Waals surface area contributed by atoms with Crippen LogP contribution in [0.5, 0.6) is 0 Å². The van der Waals surface area contributed by atoms with Crippen LogP contribution in [0.2, 0.25) is 0 Å². The maximum Gasteiger partial charge on any atom is 0.508 e. The molecule has 0 aromatic carbocycles. The predicted molar refractivity (Wildman–Crippen MR) is 93.7 cm³/mol. The number of esters is 1. The standard InChI is InChI=1S/C18H30O8/c1-15(19)24-13-9-7-5-4-6-8-11-16(26-18(21)23-3)12-10-14-25-17(20)22-2/h10,12,16H,4-9,11,13-14H2,1-3H3/b12-10+. The molecule has 8 heteroatoms. The molecule has 1 atom stereocenters. The third kappa shape index (κ3) is 15.3. The lowest BCUT2D eigenvalue weighted by molar-refractivity contribution is -0.141. The normalized spacial score (nSPS) is 11.7. The molecule has 0 aromatic rings. The van der Waals surface area contributed by atoms with Gasteiger partial charge in [0.05, 0.1) is 20.8 Å². The van der Waals surface area contributed by atoms with Crippen LogP contribution in [-0.4, -0.2) is 51.8 Å². The van der Waals surface area contributed by atoms with Crippen molar-refractivity contribution in [1.82, 2.24) is 0 Å². The SMILES string of the molecule is COC(=O)OC/C=C/C(CCCCCCCCOC(C)=O)OC(=O)OC. The number of rotatable bonds is 13. The van der Waals surface area contributed by atoms with Gasteiger partial charge in [0, 0.05) is 6.92 Å². The van der Waals surface area contributed by atoms with Gasteiger partial charge in [-0.1, -0.05) is 25.7 Å². The molecule has 8 nitrogen and oxygen atoms in total. The Morgan fingerprint density at radius 2 is 1.46 bits per heavy atom. The van der Waals surface area contributed by atoms with Gasteiger partial charge in [-0.2, -0.15) is 0 Å². The number of methoxy groups -OCH3 is 2. The van der Waals surface area contributed by atoms with Crippen molar-refractivity contribution >= 4 is 18.3 Å². The topological polar surface area (TPSA) is 97.4 Å². The minimum atomic E-state index is -0.770. The second-order valence-electron chi connectivity index (χ2n) is 5.55. The average molecular weight is 374 g/mol. The summed E-state index contributed by atoms with van der Waals surface area (Å²) in [6.45, 7) is 1.92. The summed E-state index contributed by atoms with van der Waals surface area (Å²) < 4.78 is 23.6. The van der Waals surface area contributed by atoms with Crippen molar-refractivity contribution in [1.29, 1.82) is 0 Å². The van der Waals surface area contributed by atoms with E-state index < -0.39 is 18.4 Å². The number of carbonyl (C=O) groups excluding carboxylic acids is 3. The lowest BCUT2D eigenvalue weighted by Gasteiger charge is -2.13. The quantitative estimate of drug-likeness (QED) is 0.208. The lowest BCUT2D eigenvalue weighted by Crippen LogP contribution is -2.16. The fourth-order valence-electron chi connectivity index (χ4n) is 2.12. The first-order chi connectivity index (χ1) is 12.5. The largest absolute Gasteiger partial charge is 0.508 e. The molecule has 26 heavy (non-hydrogen) atoms. The molecular weight excluding hydrogens is 344 g/mol. The van der Waals surface area contributed by atoms with E-state index in [-0.39, 0.29) is 12.6 Å². The summed E-state index contributed by atoms with van der Waals surface area (Å²) in [5, 5.41) is 0. The van der Waals surface area contributed by atoms with Gasteiger partial charge in [-0.25, -0.2) is 9.59 Å². The summed E-state index contributed by atoms with van der Waals surface area (Å²) in [5.74, 6) is -0.244. The first-order valence-corrected chi connectivity index (χ1v) is 8.75. The Hall–Kier alpha value is -2.25. The van der Waals surface area contributed by atoms with Gasteiger partial charge in [0.15, 0.2) is 0 Å². The maximum absolute atomic E-state index is 11.3. The van der Waals surface area contributed by atoms with Crippen molar-refractivity contribution in [3.63, 3.8) is 0 Å². The summed E-state index contributed by atoms with van der Waals surface area (Å²) in [7, 11) is 2.48. The Labute approximate surface area is 154 Å². The second kappa shape index (κ2) is 16.2. The fourth-order valence-corrected chi connectivity index (χ4v) is 2.12. The zero-order valence-corrected chi connectivity index (χ0v) is 15.9. The summed E-state index contributed by atoms with van der Waals surface area (Å²) in [4.78, 5) is 32.7. The van der Waals surface area contributed by atoms with Crippen LogP contribution in [0.3, 0.4) is 0 Å². The van der Waals surface area contributed by atoms with Crippen molar-refractivity contribution in [2.45, 2.75) is 58.0 Å². The minimum Gasteiger partial charge on any atom is -0.466 e. The van der Waals surface area contributed by atoms with Gasteiger partial charge >= 0.3 is 18.3 Å². The van der Waals surface area contributed by atoms with Crippen LogP contribution in [0.1, 0.15) is 51.9 Å². The van der Waals surface area contributed by atoms with Crippen LogP contribution in [0, 0.1) is 0 Å². The molecule has 150 valence electrons. The van der Waals surface area contributed by atoms with E-state index in [0.29, 0.717) is 13.0 Å². The maximum atomic E-state index is 11.3. The Morgan fingerprint density at radius 3 is 2.08 bits per heavy atom. The summed E-state index contributed by atoms with van der Waals surface area (Å²) in [6.07, 6.45) is 7.84. The monoisotopic (exact) mass is 374 g/mol. The molecule has 0 rings (SSSR count). The van der Waals surface area contributed by atoms with E-state index in [1.54, 1.807) is 12.2 Å². The summed E-state index contributed by atoms with van der Waals surface area (Å²) >= 11 is 0. The number of hydrogen-bond donors (Lipinski definition) is 0. The van der Waals surface area contributed by atoms with E-state index in [9.17, 15) is 14.4 Å². The van der Waals surface area contributed by atoms with E-state index in [2.05, 4.69) is 9.47 Å². The molecule has 0 radical (unpaired) electrons. The fraction of sp³-hybridized carbons (Fsp3) is 0.722. The molecule has 0 saturated carbocycles. The Bertz CT molecular complexity index is 433. The van der Waals surface area contributed by atoms with E-state index in [1.165, 1.54) is 21.1 Å². The van der Waals surface area contributed by atoms with Crippen LogP contribution in [0.15, 0.2) is 12.2 Å².